The van der Waals surface area contributed by atoms with Crippen LogP contribution in [-0.2, 0) is 14.3 Å². The van der Waals surface area contributed by atoms with E-state index in [-0.39, 0.29) is 12.5 Å². The minimum absolute atomic E-state index is 0.102. The lowest BCUT2D eigenvalue weighted by molar-refractivity contribution is -0.142. The second kappa shape index (κ2) is 10.1. The molecule has 2 N–H and O–H groups in total. The summed E-state index contributed by atoms with van der Waals surface area (Å²) < 4.78 is 5.49. The number of hydrogen-bond acceptors (Lipinski definition) is 4. The molecule has 2 aliphatic rings. The highest BCUT2D eigenvalue weighted by Gasteiger charge is 2.31. The van der Waals surface area contributed by atoms with E-state index in [1.54, 1.807) is 7.05 Å². The minimum atomic E-state index is -1.16. The van der Waals surface area contributed by atoms with E-state index in [9.17, 15) is 19.5 Å². The van der Waals surface area contributed by atoms with E-state index in [1.807, 2.05) is 36.4 Å². The Morgan fingerprint density at radius 3 is 2.24 bits per heavy atom. The Kier molecular flexibility index (Phi) is 6.96. The number of aliphatic carboxylic acids is 1. The van der Waals surface area contributed by atoms with Crippen molar-refractivity contribution in [3.8, 4) is 11.1 Å². The summed E-state index contributed by atoms with van der Waals surface area (Å²) in [6.07, 6.45) is 3.17. The van der Waals surface area contributed by atoms with Gasteiger partial charge in [-0.2, -0.15) is 0 Å². The maximum Gasteiger partial charge on any atom is 0.407 e. The van der Waals surface area contributed by atoms with Crippen molar-refractivity contribution < 1.29 is 24.2 Å². The van der Waals surface area contributed by atoms with Gasteiger partial charge in [-0.15, -0.1) is 0 Å². The zero-order chi connectivity index (χ0) is 23.4. The molecule has 1 fully saturated rings. The summed E-state index contributed by atoms with van der Waals surface area (Å²) in [5, 5.41) is 11.7. The Balaban J connectivity index is 1.36. The average molecular weight is 451 g/mol. The molecule has 2 amide bonds. The van der Waals surface area contributed by atoms with Crippen molar-refractivity contribution in [1.29, 1.82) is 0 Å². The quantitative estimate of drug-likeness (QED) is 0.570. The van der Waals surface area contributed by atoms with Gasteiger partial charge in [-0.05, 0) is 41.0 Å². The van der Waals surface area contributed by atoms with Gasteiger partial charge >= 0.3 is 12.1 Å². The molecule has 0 radical (unpaired) electrons. The third kappa shape index (κ3) is 5.53. The minimum Gasteiger partial charge on any atom is -0.481 e. The predicted octanol–water partition coefficient (Wildman–Crippen LogP) is 4.02. The van der Waals surface area contributed by atoms with Crippen LogP contribution in [0.25, 0.3) is 11.1 Å². The van der Waals surface area contributed by atoms with Crippen molar-refractivity contribution in [2.24, 2.45) is 5.92 Å². The molecule has 1 saturated carbocycles. The number of likely N-dealkylation sites (N-methyl/N-ethyl adjacent to an activating group) is 1. The molecule has 0 bridgehead atoms. The molecule has 0 spiro atoms. The van der Waals surface area contributed by atoms with Gasteiger partial charge in [0.2, 0.25) is 5.91 Å². The van der Waals surface area contributed by atoms with Crippen LogP contribution in [0.2, 0.25) is 0 Å². The number of hydrogen-bond donors (Lipinski definition) is 2. The molecule has 4 rings (SSSR count). The molecule has 0 heterocycles. The molecule has 2 aromatic rings. The number of rotatable bonds is 10. The van der Waals surface area contributed by atoms with E-state index in [2.05, 4.69) is 17.4 Å². The fraction of sp³-hybridized carbons (Fsp3) is 0.423. The molecular weight excluding hydrogens is 420 g/mol. The van der Waals surface area contributed by atoms with E-state index < -0.39 is 30.4 Å². The highest BCUT2D eigenvalue weighted by Crippen LogP contribution is 2.44. The van der Waals surface area contributed by atoms with E-state index in [0.717, 1.165) is 41.0 Å². The molecule has 174 valence electrons. The summed E-state index contributed by atoms with van der Waals surface area (Å²) in [5.74, 6) is -0.912. The monoisotopic (exact) mass is 450 g/mol. The molecule has 0 aliphatic heterocycles. The predicted molar refractivity (Wildman–Crippen MR) is 124 cm³/mol. The Morgan fingerprint density at radius 1 is 1.06 bits per heavy atom. The van der Waals surface area contributed by atoms with E-state index >= 15 is 0 Å². The van der Waals surface area contributed by atoms with Crippen molar-refractivity contribution in [2.45, 2.75) is 44.1 Å². The lowest BCUT2D eigenvalue weighted by atomic mass is 9.98. The molecule has 1 unspecified atom stereocenters. The van der Waals surface area contributed by atoms with Gasteiger partial charge in [-0.1, -0.05) is 61.4 Å². The number of amides is 2. The highest BCUT2D eigenvalue weighted by atomic mass is 16.5. The second-order valence-electron chi connectivity index (χ2n) is 8.97. The number of carboxylic acid groups (broad SMARTS) is 1. The lowest BCUT2D eigenvalue weighted by Crippen LogP contribution is -2.49. The standard InChI is InChI=1S/C26H30N2O5/c1-28(14-6-7-17-12-13-17)25(31)23(15-24(29)30)27-26(32)33-16-22-20-10-4-2-8-18(20)19-9-3-5-11-21(19)22/h2-5,8-11,17,22-23H,6-7,12-16H2,1H3,(H,27,32)(H,29,30). The van der Waals surface area contributed by atoms with E-state index in [0.29, 0.717) is 6.54 Å². The van der Waals surface area contributed by atoms with Gasteiger partial charge in [-0.3, -0.25) is 9.59 Å². The first kappa shape index (κ1) is 22.8. The van der Waals surface area contributed by atoms with Crippen molar-refractivity contribution in [2.75, 3.05) is 20.2 Å². The van der Waals surface area contributed by atoms with Crippen molar-refractivity contribution in [3.63, 3.8) is 0 Å². The molecule has 0 saturated heterocycles. The zero-order valence-electron chi connectivity index (χ0n) is 18.8. The topological polar surface area (TPSA) is 95.9 Å². The van der Waals surface area contributed by atoms with Crippen molar-refractivity contribution >= 4 is 18.0 Å². The summed E-state index contributed by atoms with van der Waals surface area (Å²) in [6.45, 7) is 0.642. The maximum absolute atomic E-state index is 12.8. The van der Waals surface area contributed by atoms with Crippen LogP contribution in [0.5, 0.6) is 0 Å². The Hall–Kier alpha value is -3.35. The molecular formula is C26H30N2O5. The SMILES string of the molecule is CN(CCCC1CC1)C(=O)C(CC(=O)O)NC(=O)OCC1c2ccccc2-c2ccccc21. The maximum atomic E-state index is 12.8. The highest BCUT2D eigenvalue weighted by molar-refractivity contribution is 5.89. The van der Waals surface area contributed by atoms with Gasteiger partial charge < -0.3 is 20.1 Å². The number of carbonyl (C=O) groups excluding carboxylic acids is 2. The van der Waals surface area contributed by atoms with Crippen LogP contribution in [0.15, 0.2) is 48.5 Å². The van der Waals surface area contributed by atoms with Crippen LogP contribution in [-0.4, -0.2) is 54.2 Å². The molecule has 1 atom stereocenters. The molecule has 2 aliphatic carbocycles. The molecule has 33 heavy (non-hydrogen) atoms. The molecule has 7 nitrogen and oxygen atoms in total. The number of alkyl carbamates (subject to hydrolysis) is 1. The van der Waals surface area contributed by atoms with Crippen LogP contribution in [0, 0.1) is 5.92 Å². The summed E-state index contributed by atoms with van der Waals surface area (Å²) in [7, 11) is 1.64. The smallest absolute Gasteiger partial charge is 0.407 e. The second-order valence-corrected chi connectivity index (χ2v) is 8.97. The fourth-order valence-corrected chi connectivity index (χ4v) is 4.56. The van der Waals surface area contributed by atoms with Crippen LogP contribution < -0.4 is 5.32 Å². The van der Waals surface area contributed by atoms with Crippen LogP contribution in [0.3, 0.4) is 0 Å². The normalized spacial score (nSPS) is 15.3. The summed E-state index contributed by atoms with van der Waals surface area (Å²) in [4.78, 5) is 38.2. The molecule has 0 aromatic heterocycles. The van der Waals surface area contributed by atoms with Crippen LogP contribution >= 0.6 is 0 Å². The number of nitrogens with zero attached hydrogens (tertiary/aromatic N) is 1. The zero-order valence-corrected chi connectivity index (χ0v) is 18.8. The van der Waals surface area contributed by atoms with Gasteiger partial charge in [0.15, 0.2) is 0 Å². The van der Waals surface area contributed by atoms with Gasteiger partial charge in [0, 0.05) is 19.5 Å². The summed E-state index contributed by atoms with van der Waals surface area (Å²) in [5.41, 5.74) is 4.41. The van der Waals surface area contributed by atoms with Gasteiger partial charge in [0.05, 0.1) is 6.42 Å². The first-order chi connectivity index (χ1) is 15.9. The Morgan fingerprint density at radius 2 is 1.67 bits per heavy atom. The van der Waals surface area contributed by atoms with Gasteiger partial charge in [-0.25, -0.2) is 4.79 Å². The number of fused-ring (bicyclic) bond motifs is 3. The average Bonchev–Trinajstić information content (AvgIpc) is 3.57. The molecule has 2 aromatic carbocycles. The largest absolute Gasteiger partial charge is 0.481 e. The third-order valence-electron chi connectivity index (χ3n) is 6.49. The number of carboxylic acids is 1. The van der Waals surface area contributed by atoms with Crippen LogP contribution in [0.4, 0.5) is 4.79 Å². The number of carbonyl (C=O) groups is 3. The Labute approximate surface area is 193 Å². The first-order valence-corrected chi connectivity index (χ1v) is 11.5. The van der Waals surface area contributed by atoms with E-state index in [1.165, 1.54) is 17.7 Å². The molecule has 7 heteroatoms. The summed E-state index contributed by atoms with van der Waals surface area (Å²) in [6, 6.07) is 14.9. The number of ether oxygens (including phenoxy) is 1. The third-order valence-corrected chi connectivity index (χ3v) is 6.49. The number of benzene rings is 2. The number of nitrogens with one attached hydrogen (secondary N) is 1. The van der Waals surface area contributed by atoms with E-state index in [4.69, 9.17) is 4.74 Å². The fourth-order valence-electron chi connectivity index (χ4n) is 4.56. The lowest BCUT2D eigenvalue weighted by Gasteiger charge is -2.24. The van der Waals surface area contributed by atoms with Crippen molar-refractivity contribution in [1.82, 2.24) is 10.2 Å². The van der Waals surface area contributed by atoms with Crippen molar-refractivity contribution in [3.05, 3.63) is 59.7 Å². The first-order valence-electron chi connectivity index (χ1n) is 11.5. The van der Waals surface area contributed by atoms with Gasteiger partial charge in [0.25, 0.3) is 0 Å². The Bertz CT molecular complexity index is 987. The van der Waals surface area contributed by atoms with Gasteiger partial charge in [0.1, 0.15) is 12.6 Å². The van der Waals surface area contributed by atoms with Crippen LogP contribution in [0.1, 0.15) is 49.1 Å². The summed E-state index contributed by atoms with van der Waals surface area (Å²) >= 11 is 0.